The van der Waals surface area contributed by atoms with Crippen LogP contribution in [0.25, 0.3) is 0 Å². The molecule has 2 heteroatoms. The van der Waals surface area contributed by atoms with E-state index in [1.54, 1.807) is 0 Å². The first-order valence-electron chi connectivity index (χ1n) is 8.39. The molecule has 0 aromatic heterocycles. The molecule has 1 aliphatic carbocycles. The highest BCUT2D eigenvalue weighted by atomic mass is 16.5. The Morgan fingerprint density at radius 3 is 2.58 bits per heavy atom. The molecule has 2 nitrogen and oxygen atoms in total. The van der Waals surface area contributed by atoms with Crippen LogP contribution in [0.4, 0.5) is 0 Å². The Labute approximate surface area is 120 Å². The zero-order valence-corrected chi connectivity index (χ0v) is 13.7. The molecule has 1 rings (SSSR count). The zero-order valence-electron chi connectivity index (χ0n) is 13.7. The van der Waals surface area contributed by atoms with E-state index in [4.69, 9.17) is 4.74 Å². The Kier molecular flexibility index (Phi) is 8.01. The summed E-state index contributed by atoms with van der Waals surface area (Å²) in [6.45, 7) is 13.6. The fourth-order valence-electron chi connectivity index (χ4n) is 3.20. The van der Waals surface area contributed by atoms with Gasteiger partial charge in [0.15, 0.2) is 0 Å². The summed E-state index contributed by atoms with van der Waals surface area (Å²) in [4.78, 5) is 0. The minimum Gasteiger partial charge on any atom is -0.378 e. The third-order valence-corrected chi connectivity index (χ3v) is 4.59. The van der Waals surface area contributed by atoms with Gasteiger partial charge in [-0.2, -0.15) is 0 Å². The lowest BCUT2D eigenvalue weighted by molar-refractivity contribution is -0.0405. The van der Waals surface area contributed by atoms with Gasteiger partial charge in [-0.05, 0) is 56.9 Å². The van der Waals surface area contributed by atoms with Gasteiger partial charge >= 0.3 is 0 Å². The molecule has 0 aromatic rings. The van der Waals surface area contributed by atoms with Crippen LogP contribution >= 0.6 is 0 Å². The number of rotatable bonds is 8. The molecule has 1 aliphatic rings. The van der Waals surface area contributed by atoms with E-state index < -0.39 is 0 Å². The van der Waals surface area contributed by atoms with Crippen LogP contribution in [-0.2, 0) is 4.74 Å². The highest BCUT2D eigenvalue weighted by Gasteiger charge is 2.31. The quantitative estimate of drug-likeness (QED) is 0.711. The van der Waals surface area contributed by atoms with Crippen LogP contribution in [0.1, 0.15) is 66.7 Å². The summed E-state index contributed by atoms with van der Waals surface area (Å²) in [5, 5.41) is 3.53. The number of hydrogen-bond donors (Lipinski definition) is 1. The summed E-state index contributed by atoms with van der Waals surface area (Å²) >= 11 is 0. The van der Waals surface area contributed by atoms with Gasteiger partial charge in [-0.1, -0.05) is 34.1 Å². The zero-order chi connectivity index (χ0) is 14.3. The van der Waals surface area contributed by atoms with E-state index in [9.17, 15) is 0 Å². The average molecular weight is 269 g/mol. The smallest absolute Gasteiger partial charge is 0.0608 e. The number of nitrogens with one attached hydrogen (secondary N) is 1. The highest BCUT2D eigenvalue weighted by molar-refractivity contribution is 4.81. The van der Waals surface area contributed by atoms with Crippen molar-refractivity contribution in [2.45, 2.75) is 78.9 Å². The normalized spacial score (nSPS) is 29.7. The summed E-state index contributed by atoms with van der Waals surface area (Å²) in [5.41, 5.74) is 0. The Bertz CT molecular complexity index is 229. The molecule has 0 radical (unpaired) electrons. The van der Waals surface area contributed by atoms with Crippen LogP contribution in [0.5, 0.6) is 0 Å². The third kappa shape index (κ3) is 6.27. The molecule has 1 saturated carbocycles. The Hall–Kier alpha value is -0.0800. The summed E-state index contributed by atoms with van der Waals surface area (Å²) < 4.78 is 6.24. The van der Waals surface area contributed by atoms with Crippen molar-refractivity contribution in [1.82, 2.24) is 5.32 Å². The van der Waals surface area contributed by atoms with Crippen molar-refractivity contribution >= 4 is 0 Å². The fourth-order valence-corrected chi connectivity index (χ4v) is 3.20. The first-order valence-corrected chi connectivity index (χ1v) is 8.39. The molecule has 4 unspecified atom stereocenters. The Balaban J connectivity index is 2.28. The average Bonchev–Trinajstić information content (AvgIpc) is 2.36. The van der Waals surface area contributed by atoms with E-state index in [1.165, 1.54) is 25.7 Å². The number of hydrogen-bond acceptors (Lipinski definition) is 2. The first kappa shape index (κ1) is 17.0. The predicted molar refractivity (Wildman–Crippen MR) is 83.5 cm³/mol. The van der Waals surface area contributed by atoms with Gasteiger partial charge in [0.25, 0.3) is 0 Å². The standard InChI is InChI=1S/C17H35NO/c1-6-10-18-15(5)9-11-19-17-12-14(4)7-8-16(17)13(2)3/h13-18H,6-12H2,1-5H3. The predicted octanol–water partition coefficient (Wildman–Crippen LogP) is 4.24. The van der Waals surface area contributed by atoms with Crippen molar-refractivity contribution in [2.24, 2.45) is 17.8 Å². The third-order valence-electron chi connectivity index (χ3n) is 4.59. The number of ether oxygens (including phenoxy) is 1. The molecule has 0 bridgehead atoms. The molecule has 1 fully saturated rings. The van der Waals surface area contributed by atoms with Gasteiger partial charge in [-0.3, -0.25) is 0 Å². The highest BCUT2D eigenvalue weighted by Crippen LogP contribution is 2.35. The molecule has 0 spiro atoms. The summed E-state index contributed by atoms with van der Waals surface area (Å²) in [5.74, 6) is 2.37. The van der Waals surface area contributed by atoms with Gasteiger partial charge in [0.2, 0.25) is 0 Å². The molecular formula is C17H35NO. The molecular weight excluding hydrogens is 234 g/mol. The largest absolute Gasteiger partial charge is 0.378 e. The summed E-state index contributed by atoms with van der Waals surface area (Å²) in [6, 6.07) is 0.582. The molecule has 4 atom stereocenters. The van der Waals surface area contributed by atoms with E-state index >= 15 is 0 Å². The second kappa shape index (κ2) is 8.97. The van der Waals surface area contributed by atoms with Crippen LogP contribution in [-0.4, -0.2) is 25.3 Å². The maximum absolute atomic E-state index is 6.24. The molecule has 0 saturated heterocycles. The van der Waals surface area contributed by atoms with Crippen molar-refractivity contribution in [3.63, 3.8) is 0 Å². The minimum absolute atomic E-state index is 0.502. The lowest BCUT2D eigenvalue weighted by atomic mass is 9.75. The first-order chi connectivity index (χ1) is 9.04. The van der Waals surface area contributed by atoms with Gasteiger partial charge in [0.05, 0.1) is 6.10 Å². The minimum atomic E-state index is 0.502. The van der Waals surface area contributed by atoms with Gasteiger partial charge in [-0.15, -0.1) is 0 Å². The van der Waals surface area contributed by atoms with E-state index in [0.717, 1.165) is 37.3 Å². The second-order valence-electron chi connectivity index (χ2n) is 6.88. The maximum Gasteiger partial charge on any atom is 0.0608 e. The molecule has 0 amide bonds. The second-order valence-corrected chi connectivity index (χ2v) is 6.88. The molecule has 19 heavy (non-hydrogen) atoms. The van der Waals surface area contributed by atoms with Crippen molar-refractivity contribution in [2.75, 3.05) is 13.2 Å². The SMILES string of the molecule is CCCNC(C)CCOC1CC(C)CCC1C(C)C. The van der Waals surface area contributed by atoms with Gasteiger partial charge in [0.1, 0.15) is 0 Å². The molecule has 0 aromatic carbocycles. The van der Waals surface area contributed by atoms with E-state index in [2.05, 4.69) is 39.9 Å². The van der Waals surface area contributed by atoms with Crippen LogP contribution in [0, 0.1) is 17.8 Å². The molecule has 0 aliphatic heterocycles. The monoisotopic (exact) mass is 269 g/mol. The molecule has 1 N–H and O–H groups in total. The van der Waals surface area contributed by atoms with Crippen molar-refractivity contribution < 1.29 is 4.74 Å². The van der Waals surface area contributed by atoms with Gasteiger partial charge in [-0.25, -0.2) is 0 Å². The maximum atomic E-state index is 6.24. The Morgan fingerprint density at radius 1 is 1.21 bits per heavy atom. The van der Waals surface area contributed by atoms with Crippen LogP contribution in [0.2, 0.25) is 0 Å². The summed E-state index contributed by atoms with van der Waals surface area (Å²) in [6.07, 6.45) is 6.85. The molecule has 0 heterocycles. The van der Waals surface area contributed by atoms with E-state index in [1.807, 2.05) is 0 Å². The summed E-state index contributed by atoms with van der Waals surface area (Å²) in [7, 11) is 0. The van der Waals surface area contributed by atoms with Crippen LogP contribution in [0.15, 0.2) is 0 Å². The Morgan fingerprint density at radius 2 is 1.95 bits per heavy atom. The van der Waals surface area contributed by atoms with Crippen LogP contribution in [0.3, 0.4) is 0 Å². The van der Waals surface area contributed by atoms with Gasteiger partial charge in [0, 0.05) is 12.6 Å². The lowest BCUT2D eigenvalue weighted by Crippen LogP contribution is -2.35. The van der Waals surface area contributed by atoms with E-state index in [0.29, 0.717) is 12.1 Å². The van der Waals surface area contributed by atoms with Crippen LogP contribution < -0.4 is 5.32 Å². The fraction of sp³-hybridized carbons (Fsp3) is 1.00. The van der Waals surface area contributed by atoms with Crippen molar-refractivity contribution in [3.8, 4) is 0 Å². The van der Waals surface area contributed by atoms with Crippen molar-refractivity contribution in [3.05, 3.63) is 0 Å². The van der Waals surface area contributed by atoms with Crippen molar-refractivity contribution in [1.29, 1.82) is 0 Å². The lowest BCUT2D eigenvalue weighted by Gasteiger charge is -2.37. The molecule has 114 valence electrons. The van der Waals surface area contributed by atoms with E-state index in [-0.39, 0.29) is 0 Å². The topological polar surface area (TPSA) is 21.3 Å². The van der Waals surface area contributed by atoms with Gasteiger partial charge < -0.3 is 10.1 Å².